The Morgan fingerprint density at radius 2 is 2.16 bits per heavy atom. The SMILES string of the molecule is CC(C)(C)C(=O)NC1CN(c2cccc(C#N)n2)C1. The van der Waals surface area contributed by atoms with E-state index < -0.39 is 0 Å². The molecule has 0 aliphatic carbocycles. The van der Waals surface area contributed by atoms with E-state index in [9.17, 15) is 4.79 Å². The van der Waals surface area contributed by atoms with Crippen molar-refractivity contribution in [2.45, 2.75) is 26.8 Å². The summed E-state index contributed by atoms with van der Waals surface area (Å²) in [6.45, 7) is 7.18. The molecule has 1 aromatic heterocycles. The topological polar surface area (TPSA) is 69.0 Å². The fourth-order valence-corrected chi connectivity index (χ4v) is 1.82. The van der Waals surface area contributed by atoms with E-state index in [-0.39, 0.29) is 17.4 Å². The largest absolute Gasteiger partial charge is 0.352 e. The normalized spacial score (nSPS) is 15.6. The molecule has 2 heterocycles. The Hall–Kier alpha value is -2.09. The van der Waals surface area contributed by atoms with Crippen LogP contribution in [0.1, 0.15) is 26.5 Å². The molecule has 1 fully saturated rings. The number of hydrogen-bond donors (Lipinski definition) is 1. The molecular weight excluding hydrogens is 240 g/mol. The van der Waals surface area contributed by atoms with Gasteiger partial charge >= 0.3 is 0 Å². The molecule has 1 aromatic rings. The lowest BCUT2D eigenvalue weighted by Gasteiger charge is -2.41. The summed E-state index contributed by atoms with van der Waals surface area (Å²) < 4.78 is 0. The molecule has 0 aromatic carbocycles. The maximum atomic E-state index is 11.8. The summed E-state index contributed by atoms with van der Waals surface area (Å²) in [6.07, 6.45) is 0. The van der Waals surface area contributed by atoms with Gasteiger partial charge in [0.05, 0.1) is 6.04 Å². The van der Waals surface area contributed by atoms with Crippen LogP contribution >= 0.6 is 0 Å². The van der Waals surface area contributed by atoms with E-state index in [2.05, 4.69) is 15.2 Å². The van der Waals surface area contributed by atoms with Crippen molar-refractivity contribution in [1.29, 1.82) is 5.26 Å². The highest BCUT2D eigenvalue weighted by Gasteiger charge is 2.32. The zero-order valence-electron chi connectivity index (χ0n) is 11.5. The van der Waals surface area contributed by atoms with Gasteiger partial charge in [-0.05, 0) is 12.1 Å². The summed E-state index contributed by atoms with van der Waals surface area (Å²) in [5.41, 5.74) is 0.0547. The molecule has 5 heteroatoms. The molecule has 5 nitrogen and oxygen atoms in total. The summed E-state index contributed by atoms with van der Waals surface area (Å²) >= 11 is 0. The molecule has 0 bridgehead atoms. The van der Waals surface area contributed by atoms with Crippen LogP contribution in [0.2, 0.25) is 0 Å². The van der Waals surface area contributed by atoms with E-state index in [1.165, 1.54) is 0 Å². The van der Waals surface area contributed by atoms with Crippen LogP contribution in [-0.4, -0.2) is 30.0 Å². The van der Waals surface area contributed by atoms with Gasteiger partial charge in [0, 0.05) is 18.5 Å². The molecule has 2 rings (SSSR count). The van der Waals surface area contributed by atoms with Crippen LogP contribution in [0.5, 0.6) is 0 Å². The van der Waals surface area contributed by atoms with Gasteiger partial charge in [0.25, 0.3) is 0 Å². The zero-order valence-corrected chi connectivity index (χ0v) is 11.5. The molecule has 0 radical (unpaired) electrons. The van der Waals surface area contributed by atoms with Crippen molar-refractivity contribution in [1.82, 2.24) is 10.3 Å². The Labute approximate surface area is 113 Å². The highest BCUT2D eigenvalue weighted by Crippen LogP contribution is 2.20. The maximum Gasteiger partial charge on any atom is 0.225 e. The molecule has 1 aliphatic rings. The van der Waals surface area contributed by atoms with Gasteiger partial charge in [0.1, 0.15) is 17.6 Å². The zero-order chi connectivity index (χ0) is 14.0. The van der Waals surface area contributed by atoms with Gasteiger partial charge in [-0.2, -0.15) is 5.26 Å². The van der Waals surface area contributed by atoms with Gasteiger partial charge in [-0.1, -0.05) is 26.8 Å². The van der Waals surface area contributed by atoms with Gasteiger partial charge in [0.2, 0.25) is 5.91 Å². The first-order chi connectivity index (χ1) is 8.90. The molecule has 1 amide bonds. The van der Waals surface area contributed by atoms with Crippen molar-refractivity contribution < 1.29 is 4.79 Å². The second-order valence-corrected chi connectivity index (χ2v) is 5.82. The third-order valence-corrected chi connectivity index (χ3v) is 3.07. The quantitative estimate of drug-likeness (QED) is 0.868. The molecule has 1 saturated heterocycles. The minimum atomic E-state index is -0.362. The predicted octanol–water partition coefficient (Wildman–Crippen LogP) is 1.30. The summed E-state index contributed by atoms with van der Waals surface area (Å²) in [5, 5.41) is 11.8. The van der Waals surface area contributed by atoms with Crippen molar-refractivity contribution in [3.63, 3.8) is 0 Å². The minimum Gasteiger partial charge on any atom is -0.352 e. The van der Waals surface area contributed by atoms with E-state index in [0.717, 1.165) is 18.9 Å². The number of carbonyl (C=O) groups excluding carboxylic acids is 1. The lowest BCUT2D eigenvalue weighted by atomic mass is 9.94. The number of nitriles is 1. The molecule has 0 unspecified atom stereocenters. The van der Waals surface area contributed by atoms with Crippen LogP contribution in [0.3, 0.4) is 0 Å². The van der Waals surface area contributed by atoms with Crippen LogP contribution in [0.15, 0.2) is 18.2 Å². The Bertz CT molecular complexity index is 521. The van der Waals surface area contributed by atoms with Gasteiger partial charge in [-0.15, -0.1) is 0 Å². The second-order valence-electron chi connectivity index (χ2n) is 5.82. The number of hydrogen-bond acceptors (Lipinski definition) is 4. The summed E-state index contributed by atoms with van der Waals surface area (Å²) in [5.74, 6) is 0.858. The van der Waals surface area contributed by atoms with Crippen molar-refractivity contribution >= 4 is 11.7 Å². The highest BCUT2D eigenvalue weighted by atomic mass is 16.2. The first-order valence-corrected chi connectivity index (χ1v) is 6.33. The second kappa shape index (κ2) is 4.88. The Kier molecular flexibility index (Phi) is 3.43. The molecule has 0 atom stereocenters. The first kappa shape index (κ1) is 13.3. The number of nitrogens with zero attached hydrogens (tertiary/aromatic N) is 3. The van der Waals surface area contributed by atoms with E-state index >= 15 is 0 Å². The fraction of sp³-hybridized carbons (Fsp3) is 0.500. The van der Waals surface area contributed by atoms with Gasteiger partial charge in [-0.25, -0.2) is 4.98 Å². The Morgan fingerprint density at radius 1 is 1.47 bits per heavy atom. The van der Waals surface area contributed by atoms with Gasteiger partial charge in [0.15, 0.2) is 0 Å². The number of pyridine rings is 1. The lowest BCUT2D eigenvalue weighted by Crippen LogP contribution is -2.61. The maximum absolute atomic E-state index is 11.8. The van der Waals surface area contributed by atoms with Crippen LogP contribution < -0.4 is 10.2 Å². The Morgan fingerprint density at radius 3 is 2.74 bits per heavy atom. The van der Waals surface area contributed by atoms with E-state index in [1.54, 1.807) is 6.07 Å². The molecule has 0 spiro atoms. The van der Waals surface area contributed by atoms with Crippen molar-refractivity contribution in [3.05, 3.63) is 23.9 Å². The average molecular weight is 258 g/mol. The summed E-state index contributed by atoms with van der Waals surface area (Å²) in [7, 11) is 0. The van der Waals surface area contributed by atoms with E-state index in [4.69, 9.17) is 5.26 Å². The van der Waals surface area contributed by atoms with Crippen LogP contribution in [0, 0.1) is 16.7 Å². The number of nitrogens with one attached hydrogen (secondary N) is 1. The van der Waals surface area contributed by atoms with Crippen LogP contribution in [0.4, 0.5) is 5.82 Å². The van der Waals surface area contributed by atoms with E-state index in [1.807, 2.05) is 39.0 Å². The molecule has 19 heavy (non-hydrogen) atoms. The number of carbonyl (C=O) groups is 1. The third kappa shape index (κ3) is 3.02. The Balaban J connectivity index is 1.90. The summed E-state index contributed by atoms with van der Waals surface area (Å²) in [4.78, 5) is 18.1. The standard InChI is InChI=1S/C14H18N4O/c1-14(2,3)13(19)17-11-8-18(9-11)12-6-4-5-10(7-15)16-12/h4-6,11H,8-9H2,1-3H3,(H,17,19). The van der Waals surface area contributed by atoms with Crippen LogP contribution in [0.25, 0.3) is 0 Å². The molecule has 0 saturated carbocycles. The molecule has 100 valence electrons. The number of amides is 1. The number of aromatic nitrogens is 1. The average Bonchev–Trinajstić information content (AvgIpc) is 2.31. The lowest BCUT2D eigenvalue weighted by molar-refractivity contribution is -0.129. The summed E-state index contributed by atoms with van der Waals surface area (Å²) in [6, 6.07) is 7.57. The molecule has 1 N–H and O–H groups in total. The van der Waals surface area contributed by atoms with Crippen LogP contribution in [-0.2, 0) is 4.79 Å². The van der Waals surface area contributed by atoms with Gasteiger partial charge in [-0.3, -0.25) is 4.79 Å². The van der Waals surface area contributed by atoms with Gasteiger partial charge < -0.3 is 10.2 Å². The molecule has 1 aliphatic heterocycles. The highest BCUT2D eigenvalue weighted by molar-refractivity contribution is 5.82. The monoisotopic (exact) mass is 258 g/mol. The smallest absolute Gasteiger partial charge is 0.225 e. The van der Waals surface area contributed by atoms with Crippen molar-refractivity contribution in [3.8, 4) is 6.07 Å². The number of anilines is 1. The minimum absolute atomic E-state index is 0.0656. The predicted molar refractivity (Wildman–Crippen MR) is 72.6 cm³/mol. The number of rotatable bonds is 2. The molecular formula is C14H18N4O. The van der Waals surface area contributed by atoms with Crippen molar-refractivity contribution in [2.75, 3.05) is 18.0 Å². The fourth-order valence-electron chi connectivity index (χ4n) is 1.82. The first-order valence-electron chi connectivity index (χ1n) is 6.33. The third-order valence-electron chi connectivity index (χ3n) is 3.07. The van der Waals surface area contributed by atoms with Crippen molar-refractivity contribution in [2.24, 2.45) is 5.41 Å². The van der Waals surface area contributed by atoms with E-state index in [0.29, 0.717) is 5.69 Å².